The number of nitrogens with zero attached hydrogens (tertiary/aromatic N) is 1. The molecule has 0 aromatic rings. The number of carbonyl (C=O) groups excluding carboxylic acids is 2. The fourth-order valence-corrected chi connectivity index (χ4v) is 10.1. The Morgan fingerprint density at radius 1 is 0.450 bits per heavy atom. The largest absolute Gasteiger partial charge is 0.756 e. The molecule has 0 fully saturated rings. The zero-order valence-corrected chi connectivity index (χ0v) is 53.9. The Morgan fingerprint density at radius 2 is 0.800 bits per heavy atom. The fourth-order valence-electron chi connectivity index (χ4n) is 9.38. The molecule has 3 atom stereocenters. The van der Waals surface area contributed by atoms with Crippen molar-refractivity contribution in [2.75, 3.05) is 40.9 Å². The van der Waals surface area contributed by atoms with Gasteiger partial charge in [-0.2, -0.15) is 0 Å². The number of amides is 1. The minimum atomic E-state index is -4.71. The van der Waals surface area contributed by atoms with Crippen LogP contribution in [0.3, 0.4) is 0 Å². The number of ether oxygens (including phenoxy) is 1. The normalized spacial score (nSPS) is 14.1. The molecule has 0 radical (unpaired) electrons. The van der Waals surface area contributed by atoms with Gasteiger partial charge in [0.1, 0.15) is 19.3 Å². The lowest BCUT2D eigenvalue weighted by Gasteiger charge is -2.30. The topological polar surface area (TPSA) is 114 Å². The number of quaternary nitrogens is 1. The van der Waals surface area contributed by atoms with Gasteiger partial charge in [0, 0.05) is 12.8 Å². The van der Waals surface area contributed by atoms with Gasteiger partial charge >= 0.3 is 5.97 Å². The van der Waals surface area contributed by atoms with Gasteiger partial charge in [-0.3, -0.25) is 14.2 Å². The van der Waals surface area contributed by atoms with Gasteiger partial charge in [0.15, 0.2) is 0 Å². The quantitative estimate of drug-likeness (QED) is 0.0161. The van der Waals surface area contributed by atoms with Crippen LogP contribution in [0.5, 0.6) is 0 Å². The molecule has 0 aliphatic carbocycles. The summed E-state index contributed by atoms with van der Waals surface area (Å²) in [5.74, 6) is -0.573. The molecule has 0 bridgehead atoms. The summed E-state index contributed by atoms with van der Waals surface area (Å²) < 4.78 is 30.3. The van der Waals surface area contributed by atoms with Crippen LogP contribution in [0.2, 0.25) is 0 Å². The van der Waals surface area contributed by atoms with Crippen molar-refractivity contribution < 1.29 is 37.3 Å². The maximum Gasteiger partial charge on any atom is 0.306 e. The first-order chi connectivity index (χ1) is 38.9. The molecule has 0 saturated carbocycles. The van der Waals surface area contributed by atoms with Crippen molar-refractivity contribution in [2.24, 2.45) is 0 Å². The van der Waals surface area contributed by atoms with E-state index < -0.39 is 26.6 Å². The van der Waals surface area contributed by atoms with Crippen LogP contribution in [0, 0.1) is 0 Å². The van der Waals surface area contributed by atoms with Crippen LogP contribution in [0.15, 0.2) is 85.1 Å². The molecule has 10 heteroatoms. The summed E-state index contributed by atoms with van der Waals surface area (Å²) in [6.45, 7) is 6.79. The van der Waals surface area contributed by atoms with Crippen molar-refractivity contribution in [1.82, 2.24) is 5.32 Å². The van der Waals surface area contributed by atoms with E-state index in [2.05, 4.69) is 99.0 Å². The number of phosphoric acid groups is 1. The number of likely N-dealkylation sites (N-methyl/N-ethyl adjacent to an activating group) is 1. The summed E-state index contributed by atoms with van der Waals surface area (Å²) in [5, 5.41) is 3.01. The molecule has 464 valence electrons. The lowest BCUT2D eigenvalue weighted by Crippen LogP contribution is -2.47. The molecule has 0 aromatic heterocycles. The Labute approximate surface area is 495 Å². The summed E-state index contributed by atoms with van der Waals surface area (Å²) in [4.78, 5) is 40.0. The van der Waals surface area contributed by atoms with Gasteiger partial charge in [-0.25, -0.2) is 0 Å². The van der Waals surface area contributed by atoms with Gasteiger partial charge in [0.2, 0.25) is 5.91 Å². The van der Waals surface area contributed by atoms with E-state index in [1.165, 1.54) is 167 Å². The van der Waals surface area contributed by atoms with E-state index in [0.29, 0.717) is 17.4 Å². The van der Waals surface area contributed by atoms with Crippen LogP contribution < -0.4 is 10.2 Å². The van der Waals surface area contributed by atoms with E-state index in [0.717, 1.165) is 89.9 Å². The van der Waals surface area contributed by atoms with Crippen molar-refractivity contribution in [3.63, 3.8) is 0 Å². The van der Waals surface area contributed by atoms with E-state index in [9.17, 15) is 19.0 Å². The number of carbonyl (C=O) groups is 2. The van der Waals surface area contributed by atoms with Crippen LogP contribution in [-0.2, 0) is 27.9 Å². The lowest BCUT2D eigenvalue weighted by atomic mass is 10.0. The zero-order valence-electron chi connectivity index (χ0n) is 53.0. The third-order valence-corrected chi connectivity index (χ3v) is 15.5. The second-order valence-corrected chi connectivity index (χ2v) is 25.1. The second-order valence-electron chi connectivity index (χ2n) is 23.6. The Balaban J connectivity index is 5.08. The minimum Gasteiger partial charge on any atom is -0.756 e. The predicted octanol–water partition coefficient (Wildman–Crippen LogP) is 20.3. The average molecular weight is 1140 g/mol. The van der Waals surface area contributed by atoms with Crippen LogP contribution >= 0.6 is 7.82 Å². The number of rotatable bonds is 60. The Morgan fingerprint density at radius 3 is 1.25 bits per heavy atom. The van der Waals surface area contributed by atoms with Gasteiger partial charge in [0.25, 0.3) is 7.82 Å². The van der Waals surface area contributed by atoms with Crippen molar-refractivity contribution >= 4 is 19.7 Å². The highest BCUT2D eigenvalue weighted by molar-refractivity contribution is 7.45. The number of hydrogen-bond donors (Lipinski definition) is 1. The van der Waals surface area contributed by atoms with E-state index in [1.807, 2.05) is 33.3 Å². The molecular formula is C70H127N2O7P. The Kier molecular flexibility index (Phi) is 57.3. The maximum absolute atomic E-state index is 13.5. The molecule has 0 aromatic carbocycles. The first kappa shape index (κ1) is 77.2. The Bertz CT molecular complexity index is 1640. The number of unbranched alkanes of at least 4 members (excludes halogenated alkanes) is 33. The van der Waals surface area contributed by atoms with E-state index >= 15 is 0 Å². The number of allylic oxidation sites excluding steroid dienone is 13. The van der Waals surface area contributed by atoms with Crippen LogP contribution in [-0.4, -0.2) is 69.4 Å². The van der Waals surface area contributed by atoms with Crippen molar-refractivity contribution in [3.05, 3.63) is 85.1 Å². The second kappa shape index (κ2) is 59.4. The smallest absolute Gasteiger partial charge is 0.306 e. The molecule has 0 aliphatic heterocycles. The van der Waals surface area contributed by atoms with Crippen molar-refractivity contribution in [3.8, 4) is 0 Å². The van der Waals surface area contributed by atoms with Gasteiger partial charge in [-0.05, 0) is 102 Å². The zero-order chi connectivity index (χ0) is 58.6. The first-order valence-electron chi connectivity index (χ1n) is 33.4. The summed E-state index contributed by atoms with van der Waals surface area (Å²) in [6, 6.07) is -0.907. The van der Waals surface area contributed by atoms with E-state index in [4.69, 9.17) is 13.8 Å². The molecule has 1 N–H and O–H groups in total. The standard InChI is InChI=1S/C70H127N2O7P/c1-7-10-13-16-19-22-25-27-29-31-32-33-34-35-36-37-38-39-40-41-43-45-48-51-54-57-60-63-70(74)79-68(61-58-55-52-49-46-24-21-18-15-12-9-3)67(66-78-80(75,76)77-65-64-72(4,5)6)71-69(73)62-59-56-53-50-47-44-42-30-28-26-23-20-17-14-11-8-2/h19,22,27,29-30,32-33,35-36,42,44,47,58,61,67-68H,7-18,20-21,23-26,28,31,34,37-41,43,45-46,48-57,59-60,62-66H2,1-6H3,(H-,71,73,75,76)/b22-19-,29-27-,33-32-,36-35-,42-30+,47-44+,61-58-. The van der Waals surface area contributed by atoms with Gasteiger partial charge in [0.05, 0.1) is 33.8 Å². The molecule has 0 saturated heterocycles. The van der Waals surface area contributed by atoms with Crippen molar-refractivity contribution in [2.45, 2.75) is 309 Å². The highest BCUT2D eigenvalue weighted by Crippen LogP contribution is 2.38. The number of phosphoric ester groups is 1. The fraction of sp³-hybridized carbons (Fsp3) is 0.771. The average Bonchev–Trinajstić information content (AvgIpc) is 3.43. The third kappa shape index (κ3) is 59.8. The van der Waals surface area contributed by atoms with E-state index in [1.54, 1.807) is 0 Å². The molecule has 9 nitrogen and oxygen atoms in total. The van der Waals surface area contributed by atoms with Crippen molar-refractivity contribution in [1.29, 1.82) is 0 Å². The molecule has 0 rings (SSSR count). The Hall–Kier alpha value is -2.81. The summed E-state index contributed by atoms with van der Waals surface area (Å²) in [7, 11) is 1.16. The lowest BCUT2D eigenvalue weighted by molar-refractivity contribution is -0.870. The highest BCUT2D eigenvalue weighted by atomic mass is 31.2. The third-order valence-electron chi connectivity index (χ3n) is 14.6. The highest BCUT2D eigenvalue weighted by Gasteiger charge is 2.27. The molecule has 3 unspecified atom stereocenters. The number of hydrogen-bond acceptors (Lipinski definition) is 7. The number of nitrogens with one attached hydrogen (secondary N) is 1. The minimum absolute atomic E-state index is 0.0304. The molecule has 0 heterocycles. The maximum atomic E-state index is 13.5. The van der Waals surface area contributed by atoms with Crippen LogP contribution in [0.25, 0.3) is 0 Å². The summed E-state index contributed by atoms with van der Waals surface area (Å²) in [6.07, 6.45) is 78.5. The molecule has 0 aliphatic rings. The predicted molar refractivity (Wildman–Crippen MR) is 344 cm³/mol. The van der Waals surface area contributed by atoms with Crippen LogP contribution in [0.1, 0.15) is 297 Å². The first-order valence-corrected chi connectivity index (χ1v) is 34.9. The van der Waals surface area contributed by atoms with Gasteiger partial charge < -0.3 is 28.5 Å². The SMILES string of the molecule is CCCCC/C=C\C/C=C\C/C=C\C/C=C\CCCCCCCCCCCCCC(=O)OC(/C=C\CCCCCCCCCCC)C(COP(=O)([O-])OCC[N+](C)(C)C)NC(=O)CCCCC/C=C/C=C/CCCCCCCCC. The molecular weight excluding hydrogens is 1010 g/mol. The molecule has 1 amide bonds. The summed E-state index contributed by atoms with van der Waals surface area (Å²) in [5.41, 5.74) is 0. The van der Waals surface area contributed by atoms with Gasteiger partial charge in [-0.15, -0.1) is 0 Å². The molecule has 80 heavy (non-hydrogen) atoms. The molecule has 0 spiro atoms. The van der Waals surface area contributed by atoms with Crippen LogP contribution in [0.4, 0.5) is 0 Å². The monoisotopic (exact) mass is 1140 g/mol. The summed E-state index contributed by atoms with van der Waals surface area (Å²) >= 11 is 0. The van der Waals surface area contributed by atoms with Gasteiger partial charge in [-0.1, -0.05) is 267 Å². The number of esters is 1. The van der Waals surface area contributed by atoms with E-state index in [-0.39, 0.29) is 31.3 Å².